The Kier molecular flexibility index (Phi) is 3.16. The third-order valence-corrected chi connectivity index (χ3v) is 3.78. The van der Waals surface area contributed by atoms with Crippen LogP contribution in [0.5, 0.6) is 0 Å². The quantitative estimate of drug-likeness (QED) is 0.432. The highest BCUT2D eigenvalue weighted by Crippen LogP contribution is 2.37. The summed E-state index contributed by atoms with van der Waals surface area (Å²) in [6.45, 7) is 0. The first kappa shape index (κ1) is 8.97. The first-order valence-corrected chi connectivity index (χ1v) is 4.64. The molecule has 56 valence electrons. The largest absolute Gasteiger partial charge is 0.147 e. The van der Waals surface area contributed by atoms with E-state index in [0.29, 0.717) is 0 Å². The molecular weight excluding hydrogens is 200 g/mol. The Morgan fingerprint density at radius 1 is 0.700 bits per heavy atom. The fourth-order valence-electron chi connectivity index (χ4n) is 0.747. The summed E-state index contributed by atoms with van der Waals surface area (Å²) < 4.78 is 0. The van der Waals surface area contributed by atoms with Crippen LogP contribution in [0.25, 0.3) is 0 Å². The van der Waals surface area contributed by atoms with Crippen LogP contribution in [0, 0.1) is 0 Å². The van der Waals surface area contributed by atoms with E-state index in [-0.39, 0.29) is 0 Å². The van der Waals surface area contributed by atoms with Gasteiger partial charge in [-0.1, -0.05) is 0 Å². The molecule has 10 heavy (non-hydrogen) atoms. The van der Waals surface area contributed by atoms with Crippen molar-refractivity contribution in [2.75, 3.05) is 0 Å². The van der Waals surface area contributed by atoms with Gasteiger partial charge < -0.3 is 0 Å². The molecule has 0 nitrogen and oxygen atoms in total. The molecular formula is C6H8S4. The van der Waals surface area contributed by atoms with Crippen molar-refractivity contribution in [3.63, 3.8) is 0 Å². The molecule has 0 saturated carbocycles. The SMILES string of the molecule is SC1=C(S)C(S)=C(S)CC1. The second kappa shape index (κ2) is 3.52. The van der Waals surface area contributed by atoms with Gasteiger partial charge in [0.1, 0.15) is 0 Å². The number of hydrogen-bond acceptors (Lipinski definition) is 4. The molecule has 4 heteroatoms. The van der Waals surface area contributed by atoms with Crippen LogP contribution in [-0.2, 0) is 0 Å². The van der Waals surface area contributed by atoms with E-state index >= 15 is 0 Å². The average Bonchev–Trinajstić information content (AvgIpc) is 1.93. The molecule has 0 bridgehead atoms. The van der Waals surface area contributed by atoms with Crippen molar-refractivity contribution in [3.8, 4) is 0 Å². The summed E-state index contributed by atoms with van der Waals surface area (Å²) in [5, 5.41) is 0. The van der Waals surface area contributed by atoms with Crippen molar-refractivity contribution in [1.29, 1.82) is 0 Å². The summed E-state index contributed by atoms with van der Waals surface area (Å²) >= 11 is 16.9. The van der Waals surface area contributed by atoms with Gasteiger partial charge in [0.25, 0.3) is 0 Å². The van der Waals surface area contributed by atoms with Crippen LogP contribution in [0.3, 0.4) is 0 Å². The lowest BCUT2D eigenvalue weighted by molar-refractivity contribution is 1.00. The Balaban J connectivity index is 3.01. The third-order valence-electron chi connectivity index (χ3n) is 1.37. The number of hydrogen-bond donors (Lipinski definition) is 4. The number of thiol groups is 4. The highest BCUT2D eigenvalue weighted by Gasteiger charge is 2.12. The van der Waals surface area contributed by atoms with Gasteiger partial charge >= 0.3 is 0 Å². The van der Waals surface area contributed by atoms with Crippen molar-refractivity contribution in [1.82, 2.24) is 0 Å². The average molecular weight is 208 g/mol. The predicted octanol–water partition coefficient (Wildman–Crippen LogP) is 2.92. The van der Waals surface area contributed by atoms with Crippen molar-refractivity contribution >= 4 is 50.5 Å². The second-order valence-corrected chi connectivity index (χ2v) is 4.06. The molecule has 1 aliphatic rings. The van der Waals surface area contributed by atoms with Gasteiger partial charge in [0, 0.05) is 9.81 Å². The molecule has 0 amide bonds. The minimum Gasteiger partial charge on any atom is -0.147 e. The van der Waals surface area contributed by atoms with Crippen LogP contribution in [0.4, 0.5) is 0 Å². The molecule has 0 aromatic heterocycles. The molecule has 0 radical (unpaired) electrons. The maximum Gasteiger partial charge on any atom is 0.0275 e. The van der Waals surface area contributed by atoms with Crippen molar-refractivity contribution in [2.24, 2.45) is 0 Å². The van der Waals surface area contributed by atoms with E-state index in [0.717, 1.165) is 32.5 Å². The van der Waals surface area contributed by atoms with E-state index in [9.17, 15) is 0 Å². The van der Waals surface area contributed by atoms with Crippen molar-refractivity contribution in [3.05, 3.63) is 19.6 Å². The Labute approximate surface area is 82.8 Å². The Morgan fingerprint density at radius 2 is 1.00 bits per heavy atom. The van der Waals surface area contributed by atoms with Gasteiger partial charge in [-0.05, 0) is 22.7 Å². The number of allylic oxidation sites excluding steroid dienone is 2. The molecule has 0 aliphatic heterocycles. The zero-order valence-corrected chi connectivity index (χ0v) is 8.78. The molecule has 0 spiro atoms. The molecule has 0 saturated heterocycles. The molecule has 0 fully saturated rings. The highest BCUT2D eigenvalue weighted by molar-refractivity contribution is 7.93. The lowest BCUT2D eigenvalue weighted by Crippen LogP contribution is -1.91. The van der Waals surface area contributed by atoms with Gasteiger partial charge in [-0.25, -0.2) is 0 Å². The maximum absolute atomic E-state index is 4.24. The summed E-state index contributed by atoms with van der Waals surface area (Å²) in [5.41, 5.74) is 0. The molecule has 1 aliphatic carbocycles. The van der Waals surface area contributed by atoms with Crippen LogP contribution in [-0.4, -0.2) is 0 Å². The predicted molar refractivity (Wildman–Crippen MR) is 59.2 cm³/mol. The van der Waals surface area contributed by atoms with E-state index in [1.165, 1.54) is 0 Å². The fraction of sp³-hybridized carbons (Fsp3) is 0.333. The molecule has 0 heterocycles. The van der Waals surface area contributed by atoms with Crippen LogP contribution >= 0.6 is 50.5 Å². The van der Waals surface area contributed by atoms with Crippen LogP contribution < -0.4 is 0 Å². The van der Waals surface area contributed by atoms with Crippen LogP contribution in [0.15, 0.2) is 19.6 Å². The molecule has 0 aromatic carbocycles. The molecule has 0 N–H and O–H groups in total. The molecule has 0 unspecified atom stereocenters. The monoisotopic (exact) mass is 208 g/mol. The van der Waals surface area contributed by atoms with Gasteiger partial charge in [0.2, 0.25) is 0 Å². The Hall–Kier alpha value is 0.880. The fourth-order valence-corrected chi connectivity index (χ4v) is 1.86. The van der Waals surface area contributed by atoms with E-state index in [2.05, 4.69) is 50.5 Å². The van der Waals surface area contributed by atoms with Crippen LogP contribution in [0.1, 0.15) is 12.8 Å². The van der Waals surface area contributed by atoms with Gasteiger partial charge in [0.15, 0.2) is 0 Å². The lowest BCUT2D eigenvalue weighted by Gasteiger charge is -2.14. The first-order valence-electron chi connectivity index (χ1n) is 2.85. The standard InChI is InChI=1S/C6H8S4/c7-3-1-2-4(8)6(10)5(3)9/h7-10H,1-2H2. The topological polar surface area (TPSA) is 0 Å². The van der Waals surface area contributed by atoms with E-state index in [1.807, 2.05) is 0 Å². The molecule has 0 atom stereocenters. The minimum atomic E-state index is 0.864. The smallest absolute Gasteiger partial charge is 0.0275 e. The van der Waals surface area contributed by atoms with Crippen molar-refractivity contribution in [2.45, 2.75) is 12.8 Å². The minimum absolute atomic E-state index is 0.864. The summed E-state index contributed by atoms with van der Waals surface area (Å²) in [5.74, 6) is 0. The second-order valence-electron chi connectivity index (χ2n) is 2.09. The van der Waals surface area contributed by atoms with E-state index < -0.39 is 0 Å². The maximum atomic E-state index is 4.24. The summed E-state index contributed by atoms with van der Waals surface area (Å²) in [6.07, 6.45) is 1.87. The lowest BCUT2D eigenvalue weighted by atomic mass is 10.2. The Bertz CT molecular complexity index is 190. The van der Waals surface area contributed by atoms with Crippen LogP contribution in [0.2, 0.25) is 0 Å². The number of rotatable bonds is 0. The highest BCUT2D eigenvalue weighted by atomic mass is 32.1. The summed E-state index contributed by atoms with van der Waals surface area (Å²) in [4.78, 5) is 3.74. The van der Waals surface area contributed by atoms with E-state index in [1.54, 1.807) is 0 Å². The molecule has 0 aromatic rings. The van der Waals surface area contributed by atoms with Gasteiger partial charge in [-0.2, -0.15) is 0 Å². The third kappa shape index (κ3) is 1.72. The summed E-state index contributed by atoms with van der Waals surface area (Å²) in [6, 6.07) is 0. The summed E-state index contributed by atoms with van der Waals surface area (Å²) in [7, 11) is 0. The van der Waals surface area contributed by atoms with Gasteiger partial charge in [0.05, 0.1) is 0 Å². The van der Waals surface area contributed by atoms with Crippen molar-refractivity contribution < 1.29 is 0 Å². The molecule has 1 rings (SSSR count). The van der Waals surface area contributed by atoms with Gasteiger partial charge in [-0.15, -0.1) is 50.5 Å². The Morgan fingerprint density at radius 3 is 1.30 bits per heavy atom. The van der Waals surface area contributed by atoms with E-state index in [4.69, 9.17) is 0 Å². The normalized spacial score (nSPS) is 20.4. The van der Waals surface area contributed by atoms with Gasteiger partial charge in [-0.3, -0.25) is 0 Å². The zero-order chi connectivity index (χ0) is 7.72. The zero-order valence-electron chi connectivity index (χ0n) is 5.20. The first-order chi connectivity index (χ1) is 4.63.